The summed E-state index contributed by atoms with van der Waals surface area (Å²) in [5.74, 6) is 0.512. The van der Waals surface area contributed by atoms with E-state index in [0.29, 0.717) is 73.5 Å². The van der Waals surface area contributed by atoms with Gasteiger partial charge >= 0.3 is 6.03 Å². The third kappa shape index (κ3) is 16.3. The number of amides is 2. The van der Waals surface area contributed by atoms with Crippen LogP contribution in [0.4, 0.5) is 21.9 Å². The zero-order valence-corrected chi connectivity index (χ0v) is 41.8. The number of benzene rings is 5. The van der Waals surface area contributed by atoms with Crippen molar-refractivity contribution in [2.75, 3.05) is 56.3 Å². The number of hydrogen-bond acceptors (Lipinski definition) is 13. The fourth-order valence-corrected chi connectivity index (χ4v) is 8.43. The molecule has 1 aromatic heterocycles. The number of pyridine rings is 1. The molecule has 0 radical (unpaired) electrons. The van der Waals surface area contributed by atoms with Crippen molar-refractivity contribution in [2.45, 2.75) is 96.5 Å². The second-order valence-corrected chi connectivity index (χ2v) is 19.1. The average molecular weight is 988 g/mol. The lowest BCUT2D eigenvalue weighted by molar-refractivity contribution is 0.126. The zero-order valence-electron chi connectivity index (χ0n) is 41.8. The van der Waals surface area contributed by atoms with E-state index in [2.05, 4.69) is 16.0 Å². The van der Waals surface area contributed by atoms with Crippen molar-refractivity contribution in [3.63, 3.8) is 0 Å². The maximum Gasteiger partial charge on any atom is 0.338 e. The van der Waals surface area contributed by atoms with Gasteiger partial charge in [0.15, 0.2) is 0 Å². The Hall–Kier alpha value is -6.50. The predicted molar refractivity (Wildman–Crippen MR) is 284 cm³/mol. The molecule has 0 fully saturated rings. The maximum absolute atomic E-state index is 13.6. The number of nitrogens with two attached hydrogens (primary N) is 2. The van der Waals surface area contributed by atoms with Crippen molar-refractivity contribution >= 4 is 34.0 Å². The van der Waals surface area contributed by atoms with E-state index in [4.69, 9.17) is 20.9 Å². The Kier molecular flexibility index (Phi) is 20.4. The number of rotatable bonds is 29. The minimum Gasteiger partial charge on any atom is -0.508 e. The molecule has 72 heavy (non-hydrogen) atoms. The zero-order chi connectivity index (χ0) is 51.6. The van der Waals surface area contributed by atoms with Gasteiger partial charge in [-0.15, -0.1) is 0 Å². The van der Waals surface area contributed by atoms with Crippen molar-refractivity contribution in [1.82, 2.24) is 15.3 Å². The van der Waals surface area contributed by atoms with Crippen molar-refractivity contribution in [3.8, 4) is 17.2 Å². The monoisotopic (exact) mass is 988 g/mol. The van der Waals surface area contributed by atoms with Gasteiger partial charge in [0, 0.05) is 60.2 Å². The van der Waals surface area contributed by atoms with E-state index < -0.39 is 29.3 Å². The van der Waals surface area contributed by atoms with E-state index in [1.165, 1.54) is 18.2 Å². The number of fused-ring (bicyclic) bond motifs is 1. The van der Waals surface area contributed by atoms with Crippen LogP contribution in [0.2, 0.25) is 0 Å². The van der Waals surface area contributed by atoms with Crippen LogP contribution in [0.15, 0.2) is 114 Å². The number of phenolic OH excluding ortho intramolecular Hbond substituents is 1. The van der Waals surface area contributed by atoms with Gasteiger partial charge in [-0.2, -0.15) is 5.01 Å². The van der Waals surface area contributed by atoms with Crippen LogP contribution in [0.25, 0.3) is 10.9 Å². The molecule has 1 heterocycles. The summed E-state index contributed by atoms with van der Waals surface area (Å²) < 4.78 is 12.7. The van der Waals surface area contributed by atoms with Gasteiger partial charge in [0.05, 0.1) is 24.5 Å². The van der Waals surface area contributed by atoms with E-state index in [0.717, 1.165) is 88.6 Å². The van der Waals surface area contributed by atoms with Crippen LogP contribution in [-0.2, 0) is 24.2 Å². The van der Waals surface area contributed by atoms with Crippen LogP contribution in [0.3, 0.4) is 0 Å². The first kappa shape index (κ1) is 54.8. The number of nitrogens with one attached hydrogen (secondary N) is 3. The second-order valence-electron chi connectivity index (χ2n) is 19.1. The molecule has 6 aromatic rings. The number of aromatic nitrogens is 1. The normalized spacial score (nSPS) is 12.5. The fourth-order valence-electron chi connectivity index (χ4n) is 8.43. The van der Waals surface area contributed by atoms with E-state index in [1.807, 2.05) is 81.4 Å². The highest BCUT2D eigenvalue weighted by atomic mass is 16.5. The van der Waals surface area contributed by atoms with Gasteiger partial charge in [0.1, 0.15) is 29.4 Å². The number of anilines is 3. The van der Waals surface area contributed by atoms with Crippen LogP contribution < -0.4 is 42.7 Å². The molecule has 0 bridgehead atoms. The Morgan fingerprint density at radius 2 is 1.40 bits per heavy atom. The summed E-state index contributed by atoms with van der Waals surface area (Å²) in [6.45, 7) is 9.08. The summed E-state index contributed by atoms with van der Waals surface area (Å²) in [5.41, 5.74) is 17.7. The molecule has 2 unspecified atom stereocenters. The third-order valence-corrected chi connectivity index (χ3v) is 12.2. The lowest BCUT2D eigenvalue weighted by atomic mass is 10.0. The number of phenols is 2. The van der Waals surface area contributed by atoms with Gasteiger partial charge in [-0.1, -0.05) is 43.2 Å². The highest BCUT2D eigenvalue weighted by Crippen LogP contribution is 2.32. The molecular weight excluding hydrogens is 915 g/mol. The molecule has 2 amide bonds. The number of unbranched alkanes of at least 4 members (excludes halogenated alkanes) is 4. The average Bonchev–Trinajstić information content (AvgIpc) is 3.35. The Balaban J connectivity index is 0.950. The molecule has 0 saturated heterocycles. The molecule has 12 N–H and O–H groups in total. The highest BCUT2D eigenvalue weighted by molar-refractivity contribution is 5.95. The second kappa shape index (κ2) is 26.8. The molecule has 0 aliphatic carbocycles. The minimum atomic E-state index is -1.01. The maximum atomic E-state index is 13.6. The first-order chi connectivity index (χ1) is 34.6. The summed E-state index contributed by atoms with van der Waals surface area (Å²) >= 11 is 0. The van der Waals surface area contributed by atoms with Gasteiger partial charge in [0.2, 0.25) is 0 Å². The van der Waals surface area contributed by atoms with Crippen molar-refractivity contribution in [1.29, 1.82) is 0 Å². The smallest absolute Gasteiger partial charge is 0.338 e. The minimum absolute atomic E-state index is 0.0120. The van der Waals surface area contributed by atoms with E-state index in [-0.39, 0.29) is 30.2 Å². The predicted octanol–water partition coefficient (Wildman–Crippen LogP) is 7.51. The van der Waals surface area contributed by atoms with Crippen molar-refractivity contribution in [2.24, 2.45) is 11.5 Å². The Morgan fingerprint density at radius 1 is 0.736 bits per heavy atom. The van der Waals surface area contributed by atoms with Crippen LogP contribution in [0.1, 0.15) is 98.0 Å². The SMILES string of the molecule is Cc1cc(CCCCOCCCCCCNCC(O)c2ccc(O)c(CO)c2)cc(N(C(N)=O)n2c(=O)ccc3c(C(O)CNCCc4ccc(Nc5ccc(OCC(C)(C)N)cc5)cc4)ccc(O)c32)c1. The van der Waals surface area contributed by atoms with E-state index in [9.17, 15) is 35.1 Å². The number of carbonyl (C=O) groups is 1. The van der Waals surface area contributed by atoms with Crippen LogP contribution in [-0.4, -0.2) is 87.8 Å². The molecule has 0 spiro atoms. The van der Waals surface area contributed by atoms with Gasteiger partial charge in [-0.25, -0.2) is 9.47 Å². The molecule has 0 saturated carbocycles. The molecule has 2 atom stereocenters. The third-order valence-electron chi connectivity index (χ3n) is 12.2. The summed E-state index contributed by atoms with van der Waals surface area (Å²) in [7, 11) is 0. The lowest BCUT2D eigenvalue weighted by Gasteiger charge is -2.26. The van der Waals surface area contributed by atoms with Crippen LogP contribution in [0.5, 0.6) is 17.2 Å². The number of urea groups is 1. The number of nitrogens with zero attached hydrogens (tertiary/aromatic N) is 2. The van der Waals surface area contributed by atoms with Crippen molar-refractivity contribution < 1.29 is 39.8 Å². The first-order valence-electron chi connectivity index (χ1n) is 24.8. The topological polar surface area (TPSA) is 250 Å². The Labute approximate surface area is 422 Å². The summed E-state index contributed by atoms with van der Waals surface area (Å²) in [4.78, 5) is 26.9. The Bertz CT molecular complexity index is 2720. The standard InChI is InChI=1S/C56H73N7O9/c1-38-30-40(10-6-9-29-71-28-8-5-4-7-26-59-34-51(67)41-13-22-49(65)42(33-41)36-64)32-45(31-38)62(55(57)70)63-53(69)24-21-48-47(20-23-50(66)54(48)63)52(68)35-60-27-25-39-11-14-43(15-12-39)61-44-16-18-46(19-17-44)72-37-56(2,3)58/h11-24,30-33,51-52,59-61,64-68H,4-10,25-29,34-37,58H2,1-3H3,(H2,57,70). The number of aromatic hydroxyl groups is 2. The molecule has 5 aromatic carbocycles. The number of aryl methyl sites for hydroxylation is 2. The van der Waals surface area contributed by atoms with Gasteiger partial charge in [-0.05, 0) is 173 Å². The molecule has 0 aliphatic rings. The molecular formula is C56H73N7O9. The summed E-state index contributed by atoms with van der Waals surface area (Å²) in [6.07, 6.45) is 5.32. The van der Waals surface area contributed by atoms with E-state index in [1.54, 1.807) is 30.3 Å². The van der Waals surface area contributed by atoms with Crippen LogP contribution in [0, 0.1) is 6.92 Å². The number of aliphatic hydroxyl groups excluding tert-OH is 3. The van der Waals surface area contributed by atoms with Gasteiger partial charge in [0.25, 0.3) is 5.56 Å². The summed E-state index contributed by atoms with van der Waals surface area (Å²) in [5, 5.41) is 63.7. The molecule has 386 valence electrons. The lowest BCUT2D eigenvalue weighted by Crippen LogP contribution is -2.46. The van der Waals surface area contributed by atoms with Gasteiger partial charge in [-0.3, -0.25) is 4.79 Å². The largest absolute Gasteiger partial charge is 0.508 e. The fraction of sp³-hybridized carbons (Fsp3) is 0.393. The first-order valence-corrected chi connectivity index (χ1v) is 24.8. The number of aliphatic hydroxyl groups is 3. The number of ether oxygens (including phenoxy) is 2. The molecule has 16 heteroatoms. The number of carbonyl (C=O) groups excluding carboxylic acids is 1. The summed E-state index contributed by atoms with van der Waals surface area (Å²) in [6, 6.07) is 31.1. The number of primary amides is 1. The molecule has 16 nitrogen and oxygen atoms in total. The molecule has 6 rings (SSSR count). The Morgan fingerprint density at radius 3 is 2.11 bits per heavy atom. The number of hydrogen-bond donors (Lipinski definition) is 10. The van der Waals surface area contributed by atoms with Crippen molar-refractivity contribution in [3.05, 3.63) is 153 Å². The van der Waals surface area contributed by atoms with Gasteiger partial charge < -0.3 is 62.4 Å². The highest BCUT2D eigenvalue weighted by Gasteiger charge is 2.24. The quantitative estimate of drug-likeness (QED) is 0.0205. The van der Waals surface area contributed by atoms with E-state index >= 15 is 0 Å². The van der Waals surface area contributed by atoms with Crippen LogP contribution >= 0.6 is 0 Å². The molecule has 0 aliphatic heterocycles.